The number of rotatable bonds is 8. The van der Waals surface area contributed by atoms with Gasteiger partial charge >= 0.3 is 11.9 Å². The third-order valence-corrected chi connectivity index (χ3v) is 4.33. The fourth-order valence-corrected chi connectivity index (χ4v) is 2.48. The number of anilines is 2. The minimum Gasteiger partial charge on any atom is -0.479 e. The number of carbonyl (C=O) groups is 2. The molecule has 2 aromatic rings. The van der Waals surface area contributed by atoms with Crippen LogP contribution in [0.4, 0.5) is 11.4 Å². The lowest BCUT2D eigenvalue weighted by atomic mass is 10.1. The van der Waals surface area contributed by atoms with Crippen LogP contribution in [-0.4, -0.2) is 72.8 Å². The van der Waals surface area contributed by atoms with Gasteiger partial charge in [0.1, 0.15) is 0 Å². The quantitative estimate of drug-likeness (QED) is 0.509. The molecule has 2 unspecified atom stereocenters. The Hall–Kier alpha value is -3.10. The molecule has 0 amide bonds. The zero-order valence-electron chi connectivity index (χ0n) is 17.7. The Bertz CT molecular complexity index is 734. The predicted octanol–water partition coefficient (Wildman–Crippen LogP) is 1.48. The van der Waals surface area contributed by atoms with E-state index in [9.17, 15) is 9.59 Å². The third-order valence-electron chi connectivity index (χ3n) is 4.33. The molecule has 2 atom stereocenters. The van der Waals surface area contributed by atoms with E-state index < -0.39 is 24.1 Å². The van der Waals surface area contributed by atoms with E-state index in [-0.39, 0.29) is 12.8 Å². The molecule has 0 radical (unpaired) electrons. The Morgan fingerprint density at radius 3 is 1.13 bits per heavy atom. The molecule has 30 heavy (non-hydrogen) atoms. The molecule has 0 fully saturated rings. The second-order valence-electron chi connectivity index (χ2n) is 7.24. The van der Waals surface area contributed by atoms with Crippen LogP contribution in [0.25, 0.3) is 0 Å². The number of aliphatic hydroxyl groups excluding tert-OH is 2. The first-order valence-electron chi connectivity index (χ1n) is 9.35. The summed E-state index contributed by atoms with van der Waals surface area (Å²) in [6, 6.07) is 14.9. The minimum atomic E-state index is -1.32. The second-order valence-corrected chi connectivity index (χ2v) is 7.24. The first kappa shape index (κ1) is 24.9. The Labute approximate surface area is 176 Å². The zero-order valence-corrected chi connectivity index (χ0v) is 17.7. The molecule has 8 heteroatoms. The molecule has 2 rings (SSSR count). The average Bonchev–Trinajstić information content (AvgIpc) is 2.69. The predicted molar refractivity (Wildman–Crippen MR) is 116 cm³/mol. The summed E-state index contributed by atoms with van der Waals surface area (Å²) in [5.74, 6) is -2.38. The van der Waals surface area contributed by atoms with Crippen LogP contribution in [0.3, 0.4) is 0 Å². The molecule has 0 aliphatic carbocycles. The van der Waals surface area contributed by atoms with E-state index >= 15 is 0 Å². The molecule has 4 N–H and O–H groups in total. The number of hydrogen-bond acceptors (Lipinski definition) is 6. The van der Waals surface area contributed by atoms with E-state index in [2.05, 4.69) is 0 Å². The summed E-state index contributed by atoms with van der Waals surface area (Å²) < 4.78 is 0. The first-order valence-corrected chi connectivity index (χ1v) is 9.35. The number of aliphatic hydroxyl groups is 2. The normalized spacial score (nSPS) is 12.2. The summed E-state index contributed by atoms with van der Waals surface area (Å²) >= 11 is 0. The smallest absolute Gasteiger partial charge is 0.332 e. The second kappa shape index (κ2) is 11.8. The van der Waals surface area contributed by atoms with Crippen molar-refractivity contribution in [3.63, 3.8) is 0 Å². The molecule has 164 valence electrons. The van der Waals surface area contributed by atoms with Crippen molar-refractivity contribution in [2.24, 2.45) is 0 Å². The summed E-state index contributed by atoms with van der Waals surface area (Å²) in [6.45, 7) is 0. The highest BCUT2D eigenvalue weighted by Crippen LogP contribution is 2.14. The van der Waals surface area contributed by atoms with Crippen molar-refractivity contribution in [3.8, 4) is 0 Å². The Morgan fingerprint density at radius 1 is 0.667 bits per heavy atom. The van der Waals surface area contributed by atoms with Gasteiger partial charge in [-0.3, -0.25) is 0 Å². The molecule has 0 saturated heterocycles. The van der Waals surface area contributed by atoms with Crippen molar-refractivity contribution in [2.75, 3.05) is 38.0 Å². The standard InChI is InChI=1S/2C11H15NO3/c2*1-12(2)9-5-3-8(4-6-9)7-10(13)11(14)15/h2*3-6,10,13H,7H2,1-2H3,(H,14,15). The van der Waals surface area contributed by atoms with E-state index in [0.29, 0.717) is 0 Å². The molecule has 0 aliphatic heterocycles. The van der Waals surface area contributed by atoms with Crippen molar-refractivity contribution < 1.29 is 30.0 Å². The highest BCUT2D eigenvalue weighted by Gasteiger charge is 2.14. The summed E-state index contributed by atoms with van der Waals surface area (Å²) in [5.41, 5.74) is 3.72. The molecule has 0 saturated carbocycles. The van der Waals surface area contributed by atoms with Gasteiger partial charge in [-0.15, -0.1) is 0 Å². The molecule has 0 aliphatic rings. The van der Waals surface area contributed by atoms with E-state index in [1.54, 1.807) is 0 Å². The van der Waals surface area contributed by atoms with Gasteiger partial charge in [-0.25, -0.2) is 9.59 Å². The van der Waals surface area contributed by atoms with Crippen LogP contribution in [0.15, 0.2) is 48.5 Å². The average molecular weight is 418 g/mol. The number of carboxylic acids is 2. The van der Waals surface area contributed by atoms with Crippen LogP contribution in [0, 0.1) is 0 Å². The SMILES string of the molecule is CN(C)c1ccc(CC(O)C(=O)O)cc1.CN(C)c1ccc(CC(O)C(=O)O)cc1. The maximum atomic E-state index is 10.4. The summed E-state index contributed by atoms with van der Waals surface area (Å²) in [4.78, 5) is 24.8. The lowest BCUT2D eigenvalue weighted by molar-refractivity contribution is -0.147. The van der Waals surface area contributed by atoms with Gasteiger partial charge in [-0.1, -0.05) is 24.3 Å². The van der Waals surface area contributed by atoms with Gasteiger partial charge in [0.2, 0.25) is 0 Å². The number of carboxylic acid groups (broad SMARTS) is 2. The van der Waals surface area contributed by atoms with Gasteiger partial charge in [0.25, 0.3) is 0 Å². The molecule has 0 bridgehead atoms. The summed E-state index contributed by atoms with van der Waals surface area (Å²) in [5, 5.41) is 35.4. The fraction of sp³-hybridized carbons (Fsp3) is 0.364. The monoisotopic (exact) mass is 418 g/mol. The lowest BCUT2D eigenvalue weighted by Gasteiger charge is -2.13. The molecular weight excluding hydrogens is 388 g/mol. The first-order chi connectivity index (χ1) is 14.0. The van der Waals surface area contributed by atoms with Crippen molar-refractivity contribution in [3.05, 3.63) is 59.7 Å². The molecule has 2 aromatic carbocycles. The van der Waals surface area contributed by atoms with E-state index in [1.165, 1.54) is 0 Å². The van der Waals surface area contributed by atoms with Crippen molar-refractivity contribution in [2.45, 2.75) is 25.0 Å². The van der Waals surface area contributed by atoms with E-state index in [4.69, 9.17) is 20.4 Å². The maximum Gasteiger partial charge on any atom is 0.332 e. The van der Waals surface area contributed by atoms with Crippen LogP contribution < -0.4 is 9.80 Å². The fourth-order valence-electron chi connectivity index (χ4n) is 2.48. The van der Waals surface area contributed by atoms with Gasteiger partial charge in [-0.2, -0.15) is 0 Å². The third kappa shape index (κ3) is 8.50. The van der Waals surface area contributed by atoms with Crippen LogP contribution >= 0.6 is 0 Å². The summed E-state index contributed by atoms with van der Waals surface area (Å²) in [7, 11) is 7.73. The lowest BCUT2D eigenvalue weighted by Crippen LogP contribution is -2.21. The van der Waals surface area contributed by atoms with Gasteiger partial charge in [-0.05, 0) is 35.4 Å². The molecule has 0 heterocycles. The van der Waals surface area contributed by atoms with Crippen molar-refractivity contribution >= 4 is 23.3 Å². The van der Waals surface area contributed by atoms with Crippen molar-refractivity contribution in [1.82, 2.24) is 0 Å². The number of hydrogen-bond donors (Lipinski definition) is 4. The largest absolute Gasteiger partial charge is 0.479 e. The highest BCUT2D eigenvalue weighted by atomic mass is 16.4. The molecule has 0 aromatic heterocycles. The molecular formula is C22H30N2O6. The van der Waals surface area contributed by atoms with Gasteiger partial charge in [0, 0.05) is 52.4 Å². The molecule has 0 spiro atoms. The van der Waals surface area contributed by atoms with Gasteiger partial charge < -0.3 is 30.2 Å². The van der Waals surface area contributed by atoms with Gasteiger partial charge in [0.15, 0.2) is 12.2 Å². The Morgan fingerprint density at radius 2 is 0.933 bits per heavy atom. The number of benzene rings is 2. The maximum absolute atomic E-state index is 10.4. The van der Waals surface area contributed by atoms with E-state index in [1.807, 2.05) is 86.5 Å². The number of nitrogens with zero attached hydrogens (tertiary/aromatic N) is 2. The minimum absolute atomic E-state index is 0.142. The molecule has 8 nitrogen and oxygen atoms in total. The Balaban J connectivity index is 0.000000300. The van der Waals surface area contributed by atoms with Crippen molar-refractivity contribution in [1.29, 1.82) is 0 Å². The Kier molecular flexibility index (Phi) is 9.80. The summed E-state index contributed by atoms with van der Waals surface area (Å²) in [6.07, 6.45) is -2.36. The van der Waals surface area contributed by atoms with Crippen LogP contribution in [-0.2, 0) is 22.4 Å². The van der Waals surface area contributed by atoms with Crippen LogP contribution in [0.1, 0.15) is 11.1 Å². The van der Waals surface area contributed by atoms with Gasteiger partial charge in [0.05, 0.1) is 0 Å². The number of aliphatic carboxylic acids is 2. The zero-order chi connectivity index (χ0) is 22.8. The topological polar surface area (TPSA) is 122 Å². The van der Waals surface area contributed by atoms with E-state index in [0.717, 1.165) is 22.5 Å². The van der Waals surface area contributed by atoms with Crippen LogP contribution in [0.2, 0.25) is 0 Å². The van der Waals surface area contributed by atoms with Crippen LogP contribution in [0.5, 0.6) is 0 Å². The highest BCUT2D eigenvalue weighted by molar-refractivity contribution is 5.72.